The van der Waals surface area contributed by atoms with E-state index in [2.05, 4.69) is 183 Å². The Morgan fingerprint density at radius 3 is 1.72 bits per heavy atom. The molecule has 0 aliphatic rings. The molecule has 242 valence electrons. The zero-order valence-electron chi connectivity index (χ0n) is 29.5. The molecule has 0 aromatic heterocycles. The molecule has 0 aliphatic carbocycles. The smallest absolute Gasteiger partial charge is 0.0540 e. The lowest BCUT2D eigenvalue weighted by Crippen LogP contribution is -2.15. The van der Waals surface area contributed by atoms with E-state index in [4.69, 9.17) is 0 Å². The predicted octanol–water partition coefficient (Wildman–Crippen LogP) is 14.7. The average Bonchev–Trinajstić information content (AvgIpc) is 3.18. The largest absolute Gasteiger partial charge is 0.310 e. The Balaban J connectivity index is 0.00000177. The predicted molar refractivity (Wildman–Crippen MR) is 221 cm³/mol. The van der Waals surface area contributed by atoms with Gasteiger partial charge in [0.1, 0.15) is 0 Å². The highest BCUT2D eigenvalue weighted by Gasteiger charge is 2.20. The molecule has 9 aromatic carbocycles. The van der Waals surface area contributed by atoms with E-state index < -0.39 is 0 Å². The maximum Gasteiger partial charge on any atom is 0.0540 e. The van der Waals surface area contributed by atoms with Gasteiger partial charge in [0.2, 0.25) is 0 Å². The molecule has 0 N–H and O–H groups in total. The lowest BCUT2D eigenvalue weighted by Gasteiger charge is -2.29. The Morgan fingerprint density at radius 1 is 0.480 bits per heavy atom. The summed E-state index contributed by atoms with van der Waals surface area (Å²) in [5, 5.41) is 15.5. The molecule has 1 nitrogen and oxygen atoms in total. The third-order valence-corrected chi connectivity index (χ3v) is 10.2. The SMILES string of the molecule is C/C=C\C(=C/C)N(c1ccc2cc(-c3ccc4ccccc4c3)ccc2c1)c1ccc2c3cccc4c(C)ccc(c5cccc1c52)c43.CC. The number of anilines is 2. The van der Waals surface area contributed by atoms with Crippen LogP contribution in [0, 0.1) is 6.92 Å². The van der Waals surface area contributed by atoms with Crippen molar-refractivity contribution in [1.82, 2.24) is 0 Å². The molecule has 0 saturated carbocycles. The van der Waals surface area contributed by atoms with Crippen LogP contribution in [0.2, 0.25) is 0 Å². The maximum absolute atomic E-state index is 2.42. The summed E-state index contributed by atoms with van der Waals surface area (Å²) in [4.78, 5) is 2.42. The van der Waals surface area contributed by atoms with E-state index in [-0.39, 0.29) is 0 Å². The molecule has 0 amide bonds. The van der Waals surface area contributed by atoms with Gasteiger partial charge in [-0.1, -0.05) is 135 Å². The second-order valence-electron chi connectivity index (χ2n) is 12.9. The third kappa shape index (κ3) is 5.01. The maximum atomic E-state index is 2.42. The summed E-state index contributed by atoms with van der Waals surface area (Å²) in [5.41, 5.74) is 7.24. The summed E-state index contributed by atoms with van der Waals surface area (Å²) in [6.07, 6.45) is 6.55. The Labute approximate surface area is 294 Å². The molecule has 0 spiro atoms. The summed E-state index contributed by atoms with van der Waals surface area (Å²) in [6, 6.07) is 51.8. The van der Waals surface area contributed by atoms with Crippen LogP contribution < -0.4 is 4.90 Å². The van der Waals surface area contributed by atoms with E-state index in [0.717, 1.165) is 11.4 Å². The summed E-state index contributed by atoms with van der Waals surface area (Å²) in [7, 11) is 0. The second-order valence-corrected chi connectivity index (χ2v) is 12.9. The van der Waals surface area contributed by atoms with Gasteiger partial charge in [-0.25, -0.2) is 0 Å². The Hall–Kier alpha value is -5.92. The first-order valence-electron chi connectivity index (χ1n) is 17.8. The minimum Gasteiger partial charge on any atom is -0.310 e. The number of benzene rings is 9. The highest BCUT2D eigenvalue weighted by Crippen LogP contribution is 2.45. The van der Waals surface area contributed by atoms with Crippen LogP contribution in [0.25, 0.3) is 75.8 Å². The van der Waals surface area contributed by atoms with Gasteiger partial charge in [0.05, 0.1) is 5.69 Å². The van der Waals surface area contributed by atoms with Gasteiger partial charge in [-0.05, 0) is 133 Å². The molecule has 9 rings (SSSR count). The summed E-state index contributed by atoms with van der Waals surface area (Å²) >= 11 is 0. The fourth-order valence-electron chi connectivity index (χ4n) is 7.86. The topological polar surface area (TPSA) is 3.24 Å². The number of rotatable bonds is 5. The van der Waals surface area contributed by atoms with E-state index >= 15 is 0 Å². The van der Waals surface area contributed by atoms with E-state index in [9.17, 15) is 0 Å². The molecule has 50 heavy (non-hydrogen) atoms. The number of hydrogen-bond acceptors (Lipinski definition) is 1. The van der Waals surface area contributed by atoms with Crippen molar-refractivity contribution < 1.29 is 0 Å². The number of nitrogens with zero attached hydrogens (tertiary/aromatic N) is 1. The number of fused-ring (bicyclic) bond motifs is 4. The summed E-state index contributed by atoms with van der Waals surface area (Å²) < 4.78 is 0. The Morgan fingerprint density at radius 2 is 1.02 bits per heavy atom. The molecule has 0 atom stereocenters. The van der Waals surface area contributed by atoms with Gasteiger partial charge in [0, 0.05) is 16.8 Å². The second kappa shape index (κ2) is 12.8. The van der Waals surface area contributed by atoms with Crippen LogP contribution >= 0.6 is 0 Å². The molecule has 0 bridgehead atoms. The van der Waals surface area contributed by atoms with Crippen molar-refractivity contribution in [3.63, 3.8) is 0 Å². The third-order valence-electron chi connectivity index (χ3n) is 10.2. The van der Waals surface area contributed by atoms with Crippen molar-refractivity contribution >= 4 is 76.0 Å². The molecule has 1 heteroatoms. The van der Waals surface area contributed by atoms with Crippen molar-refractivity contribution in [2.45, 2.75) is 34.6 Å². The van der Waals surface area contributed by atoms with E-state index in [0.29, 0.717) is 0 Å². The van der Waals surface area contributed by atoms with Crippen molar-refractivity contribution in [2.75, 3.05) is 4.90 Å². The first kappa shape index (κ1) is 31.4. The monoisotopic (exact) mass is 643 g/mol. The molecular formula is C49H41N. The molecule has 0 aliphatic heterocycles. The van der Waals surface area contributed by atoms with Gasteiger partial charge in [-0.15, -0.1) is 0 Å². The van der Waals surface area contributed by atoms with Crippen LogP contribution in [0.5, 0.6) is 0 Å². The number of aryl methyl sites for hydroxylation is 1. The van der Waals surface area contributed by atoms with Crippen LogP contribution in [0.1, 0.15) is 33.3 Å². The van der Waals surface area contributed by atoms with E-state index in [1.807, 2.05) is 13.8 Å². The summed E-state index contributed by atoms with van der Waals surface area (Å²) in [6.45, 7) is 10.4. The first-order valence-corrected chi connectivity index (χ1v) is 17.8. The van der Waals surface area contributed by atoms with Crippen LogP contribution in [0.3, 0.4) is 0 Å². The highest BCUT2D eigenvalue weighted by atomic mass is 15.1. The fraction of sp³-hybridized carbons (Fsp3) is 0.102. The quantitative estimate of drug-likeness (QED) is 0.102. The van der Waals surface area contributed by atoms with Gasteiger partial charge in [0.15, 0.2) is 0 Å². The highest BCUT2D eigenvalue weighted by molar-refractivity contribution is 6.34. The van der Waals surface area contributed by atoms with Crippen molar-refractivity contribution in [2.24, 2.45) is 0 Å². The van der Waals surface area contributed by atoms with Crippen molar-refractivity contribution in [3.05, 3.63) is 169 Å². The van der Waals surface area contributed by atoms with Crippen LogP contribution in [-0.2, 0) is 0 Å². The normalized spacial score (nSPS) is 12.1. The number of allylic oxidation sites excluding steroid dienone is 3. The van der Waals surface area contributed by atoms with Gasteiger partial charge >= 0.3 is 0 Å². The molecule has 0 heterocycles. The van der Waals surface area contributed by atoms with Crippen molar-refractivity contribution in [3.8, 4) is 11.1 Å². The minimum absolute atomic E-state index is 1.14. The molecule has 9 aromatic rings. The Kier molecular flexibility index (Phi) is 8.05. The fourth-order valence-corrected chi connectivity index (χ4v) is 7.86. The van der Waals surface area contributed by atoms with Gasteiger partial charge in [0.25, 0.3) is 0 Å². The molecule has 0 saturated heterocycles. The lowest BCUT2D eigenvalue weighted by atomic mass is 9.88. The molecule has 0 unspecified atom stereocenters. The van der Waals surface area contributed by atoms with Gasteiger partial charge < -0.3 is 4.90 Å². The molecule has 0 radical (unpaired) electrons. The lowest BCUT2D eigenvalue weighted by molar-refractivity contribution is 1.21. The van der Waals surface area contributed by atoms with E-state index in [1.165, 1.54) is 87.0 Å². The standard InChI is InChI=1S/C47H35N.C2H6/c1-4-10-37(5-2)48(38-23-22-35-28-34(20-21-36(35)29-38)33-19-18-31-11-6-7-12-32(31)27-33)45-26-25-43-40-14-8-13-39-30(3)17-24-42(46(39)40)41-15-9-16-44(45)47(41)43;1-2/h4-29H,1-3H3;1-2H3/b10-4-,37-5+;. The van der Waals surface area contributed by atoms with E-state index in [1.54, 1.807) is 0 Å². The van der Waals surface area contributed by atoms with Crippen LogP contribution in [0.15, 0.2) is 163 Å². The first-order chi connectivity index (χ1) is 24.6. The van der Waals surface area contributed by atoms with Crippen LogP contribution in [-0.4, -0.2) is 0 Å². The van der Waals surface area contributed by atoms with Crippen molar-refractivity contribution in [1.29, 1.82) is 0 Å². The van der Waals surface area contributed by atoms with Crippen LogP contribution in [0.4, 0.5) is 11.4 Å². The number of hydrogen-bond donors (Lipinski definition) is 0. The summed E-state index contributed by atoms with van der Waals surface area (Å²) in [5.74, 6) is 0. The molecular weight excluding hydrogens is 603 g/mol. The minimum atomic E-state index is 1.14. The van der Waals surface area contributed by atoms with Gasteiger partial charge in [-0.3, -0.25) is 0 Å². The zero-order valence-corrected chi connectivity index (χ0v) is 29.5. The zero-order chi connectivity index (χ0) is 34.4. The average molecular weight is 644 g/mol. The van der Waals surface area contributed by atoms with Gasteiger partial charge in [-0.2, -0.15) is 0 Å². The Bertz CT molecular complexity index is 2740. The molecule has 0 fully saturated rings.